The highest BCUT2D eigenvalue weighted by molar-refractivity contribution is 5.94. The molecule has 1 aromatic carbocycles. The number of carbonyl (C=O) groups excluding carboxylic acids is 2. The van der Waals surface area contributed by atoms with Gasteiger partial charge in [0.15, 0.2) is 11.5 Å². The Hall–Kier alpha value is -2.63. The van der Waals surface area contributed by atoms with Gasteiger partial charge in [-0.2, -0.15) is 0 Å². The summed E-state index contributed by atoms with van der Waals surface area (Å²) in [5.74, 6) is 0.645. The van der Waals surface area contributed by atoms with Crippen LogP contribution in [0.2, 0.25) is 0 Å². The van der Waals surface area contributed by atoms with E-state index in [9.17, 15) is 9.59 Å². The molecule has 1 aromatic heterocycles. The average Bonchev–Trinajstić information content (AvgIpc) is 3.20. The van der Waals surface area contributed by atoms with Crippen LogP contribution in [-0.4, -0.2) is 34.5 Å². The van der Waals surface area contributed by atoms with E-state index >= 15 is 0 Å². The molecule has 0 spiro atoms. The van der Waals surface area contributed by atoms with E-state index in [0.29, 0.717) is 30.3 Å². The average molecular weight is 398 g/mol. The molecule has 2 aromatic rings. The minimum absolute atomic E-state index is 0.000825. The Morgan fingerprint density at radius 3 is 2.52 bits per heavy atom. The summed E-state index contributed by atoms with van der Waals surface area (Å²) >= 11 is 0. The monoisotopic (exact) mass is 397 g/mol. The number of hydrogen-bond acceptors (Lipinski definition) is 4. The summed E-state index contributed by atoms with van der Waals surface area (Å²) in [6, 6.07) is 9.49. The molecule has 0 radical (unpaired) electrons. The van der Waals surface area contributed by atoms with Gasteiger partial charge >= 0.3 is 0 Å². The van der Waals surface area contributed by atoms with Crippen LogP contribution in [0, 0.1) is 12.8 Å². The predicted octanol–water partition coefficient (Wildman–Crippen LogP) is 4.34. The Labute approximate surface area is 172 Å². The van der Waals surface area contributed by atoms with Crippen LogP contribution in [0.25, 0.3) is 0 Å². The van der Waals surface area contributed by atoms with Crippen molar-refractivity contribution in [2.75, 3.05) is 6.54 Å². The molecule has 0 saturated heterocycles. The van der Waals surface area contributed by atoms with Crippen molar-refractivity contribution >= 4 is 11.8 Å². The minimum atomic E-state index is -0.247. The zero-order valence-corrected chi connectivity index (χ0v) is 17.6. The fourth-order valence-electron chi connectivity index (χ4n) is 3.67. The van der Waals surface area contributed by atoms with Gasteiger partial charge in [0.2, 0.25) is 0 Å². The maximum atomic E-state index is 13.3. The van der Waals surface area contributed by atoms with E-state index in [4.69, 9.17) is 4.52 Å². The van der Waals surface area contributed by atoms with Gasteiger partial charge in [-0.1, -0.05) is 56.0 Å². The Morgan fingerprint density at radius 1 is 1.17 bits per heavy atom. The van der Waals surface area contributed by atoms with E-state index in [0.717, 1.165) is 31.2 Å². The highest BCUT2D eigenvalue weighted by Crippen LogP contribution is 2.26. The van der Waals surface area contributed by atoms with E-state index in [2.05, 4.69) is 10.5 Å². The summed E-state index contributed by atoms with van der Waals surface area (Å²) in [5.41, 5.74) is 2.06. The van der Waals surface area contributed by atoms with Crippen molar-refractivity contribution in [1.29, 1.82) is 0 Å². The third-order valence-electron chi connectivity index (χ3n) is 5.36. The topological polar surface area (TPSA) is 75.4 Å². The van der Waals surface area contributed by atoms with E-state index in [1.807, 2.05) is 49.9 Å². The van der Waals surface area contributed by atoms with Crippen molar-refractivity contribution in [2.45, 2.75) is 65.5 Å². The number of amides is 2. The third-order valence-corrected chi connectivity index (χ3v) is 5.36. The molecule has 29 heavy (non-hydrogen) atoms. The largest absolute Gasteiger partial charge is 0.359 e. The molecule has 1 saturated carbocycles. The van der Waals surface area contributed by atoms with Crippen molar-refractivity contribution in [2.24, 2.45) is 5.92 Å². The van der Waals surface area contributed by atoms with E-state index in [1.165, 1.54) is 6.42 Å². The lowest BCUT2D eigenvalue weighted by atomic mass is 9.93. The van der Waals surface area contributed by atoms with Crippen LogP contribution < -0.4 is 5.32 Å². The van der Waals surface area contributed by atoms with Crippen LogP contribution in [0.3, 0.4) is 0 Å². The van der Waals surface area contributed by atoms with Crippen LogP contribution in [0.1, 0.15) is 78.1 Å². The zero-order chi connectivity index (χ0) is 20.8. The Bertz CT molecular complexity index is 820. The molecule has 0 aliphatic heterocycles. The molecule has 1 N–H and O–H groups in total. The number of nitrogens with one attached hydrogen (secondary N) is 1. The molecule has 1 fully saturated rings. The number of aromatic nitrogens is 1. The molecule has 0 atom stereocenters. The minimum Gasteiger partial charge on any atom is -0.359 e. The number of rotatable bonds is 7. The van der Waals surface area contributed by atoms with Crippen molar-refractivity contribution in [3.8, 4) is 0 Å². The smallest absolute Gasteiger partial charge is 0.273 e. The first-order valence-corrected chi connectivity index (χ1v) is 10.6. The lowest BCUT2D eigenvalue weighted by Crippen LogP contribution is -2.40. The van der Waals surface area contributed by atoms with Gasteiger partial charge < -0.3 is 14.7 Å². The van der Waals surface area contributed by atoms with Crippen LogP contribution in [0.5, 0.6) is 0 Å². The van der Waals surface area contributed by atoms with Crippen LogP contribution in [0.15, 0.2) is 34.9 Å². The second-order valence-electron chi connectivity index (χ2n) is 8.37. The van der Waals surface area contributed by atoms with Crippen LogP contribution >= 0.6 is 0 Å². The second kappa shape index (κ2) is 9.72. The van der Waals surface area contributed by atoms with Crippen LogP contribution in [0.4, 0.5) is 0 Å². The third kappa shape index (κ3) is 5.68. The summed E-state index contributed by atoms with van der Waals surface area (Å²) < 4.78 is 5.41. The standard InChI is InChI=1S/C23H31N3O3/c1-16(2)14-24-22(27)21-13-20(29-25-21)15-26(19-7-5-4-6-8-19)23(28)18-11-9-17(3)10-12-18/h9-13,16,19H,4-8,14-15H2,1-3H3,(H,24,27). The summed E-state index contributed by atoms with van der Waals surface area (Å²) in [6.45, 7) is 6.98. The van der Waals surface area contributed by atoms with E-state index < -0.39 is 0 Å². The maximum absolute atomic E-state index is 13.3. The molecular formula is C23H31N3O3. The molecule has 156 valence electrons. The van der Waals surface area contributed by atoms with Crippen molar-refractivity contribution in [3.05, 3.63) is 52.9 Å². The molecule has 2 amide bonds. The molecule has 6 heteroatoms. The fraction of sp³-hybridized carbons (Fsp3) is 0.522. The van der Waals surface area contributed by atoms with Gasteiger partial charge in [-0.3, -0.25) is 9.59 Å². The zero-order valence-electron chi connectivity index (χ0n) is 17.6. The number of benzene rings is 1. The summed E-state index contributed by atoms with van der Waals surface area (Å²) in [7, 11) is 0. The molecule has 1 aliphatic carbocycles. The first kappa shape index (κ1) is 21.1. The fourth-order valence-corrected chi connectivity index (χ4v) is 3.67. The first-order chi connectivity index (χ1) is 13.9. The Balaban J connectivity index is 1.75. The summed E-state index contributed by atoms with van der Waals surface area (Å²) in [4.78, 5) is 27.4. The van der Waals surface area contributed by atoms with Gasteiger partial charge in [0.05, 0.1) is 6.54 Å². The molecule has 1 aliphatic rings. The van der Waals surface area contributed by atoms with Gasteiger partial charge in [0.1, 0.15) is 0 Å². The Kier molecular flexibility index (Phi) is 7.07. The Morgan fingerprint density at radius 2 is 1.86 bits per heavy atom. The highest BCUT2D eigenvalue weighted by atomic mass is 16.5. The van der Waals surface area contributed by atoms with E-state index in [-0.39, 0.29) is 23.6 Å². The van der Waals surface area contributed by atoms with Crippen molar-refractivity contribution < 1.29 is 14.1 Å². The second-order valence-corrected chi connectivity index (χ2v) is 8.37. The quantitative estimate of drug-likeness (QED) is 0.754. The molecule has 0 bridgehead atoms. The van der Waals surface area contributed by atoms with Crippen molar-refractivity contribution in [1.82, 2.24) is 15.4 Å². The summed E-state index contributed by atoms with van der Waals surface area (Å²) in [5, 5.41) is 6.75. The molecule has 6 nitrogen and oxygen atoms in total. The lowest BCUT2D eigenvalue weighted by Gasteiger charge is -2.33. The summed E-state index contributed by atoms with van der Waals surface area (Å²) in [6.07, 6.45) is 5.45. The van der Waals surface area contributed by atoms with Gasteiger partial charge in [-0.15, -0.1) is 0 Å². The van der Waals surface area contributed by atoms with Crippen LogP contribution in [-0.2, 0) is 6.54 Å². The van der Waals surface area contributed by atoms with Gasteiger partial charge in [0.25, 0.3) is 11.8 Å². The molecule has 1 heterocycles. The van der Waals surface area contributed by atoms with Gasteiger partial charge in [-0.05, 0) is 37.8 Å². The predicted molar refractivity (Wildman–Crippen MR) is 112 cm³/mol. The number of carbonyl (C=O) groups is 2. The highest BCUT2D eigenvalue weighted by Gasteiger charge is 2.28. The molecular weight excluding hydrogens is 366 g/mol. The molecule has 0 unspecified atom stereocenters. The SMILES string of the molecule is Cc1ccc(C(=O)N(Cc2cc(C(=O)NCC(C)C)no2)C2CCCCC2)cc1. The maximum Gasteiger partial charge on any atom is 0.273 e. The number of aryl methyl sites for hydroxylation is 1. The van der Waals surface area contributed by atoms with Gasteiger partial charge in [0, 0.05) is 24.2 Å². The van der Waals surface area contributed by atoms with Crippen molar-refractivity contribution in [3.63, 3.8) is 0 Å². The lowest BCUT2D eigenvalue weighted by molar-refractivity contribution is 0.0590. The van der Waals surface area contributed by atoms with Gasteiger partial charge in [-0.25, -0.2) is 0 Å². The normalized spacial score (nSPS) is 14.8. The molecule has 3 rings (SSSR count). The first-order valence-electron chi connectivity index (χ1n) is 10.6. The van der Waals surface area contributed by atoms with E-state index in [1.54, 1.807) is 6.07 Å². The number of hydrogen-bond donors (Lipinski definition) is 1. The number of nitrogens with zero attached hydrogens (tertiary/aromatic N) is 2.